The first kappa shape index (κ1) is 35.8. The fourth-order valence-corrected chi connectivity index (χ4v) is 9.69. The fourth-order valence-electron chi connectivity index (χ4n) is 9.37. The van der Waals surface area contributed by atoms with Crippen LogP contribution in [0.5, 0.6) is 0 Å². The lowest BCUT2D eigenvalue weighted by molar-refractivity contribution is -0.136. The van der Waals surface area contributed by atoms with E-state index >= 15 is 0 Å². The van der Waals surface area contributed by atoms with Crippen LogP contribution in [0.15, 0.2) is 48.7 Å². The van der Waals surface area contributed by atoms with Gasteiger partial charge in [0.25, 0.3) is 11.8 Å². The van der Waals surface area contributed by atoms with E-state index in [9.17, 15) is 28.4 Å². The Hall–Kier alpha value is -4.92. The van der Waals surface area contributed by atoms with Crippen LogP contribution in [0.4, 0.5) is 21.6 Å². The molecule has 0 bridgehead atoms. The summed E-state index contributed by atoms with van der Waals surface area (Å²) in [4.78, 5) is 78.4. The summed E-state index contributed by atoms with van der Waals surface area (Å²) >= 11 is 6.78. The third-order valence-electron chi connectivity index (χ3n) is 12.3. The average molecular weight is 769 g/mol. The number of carbonyl (C=O) groups excluding carboxylic acids is 5. The SMILES string of the molecule is O=C1CCC(N2C(=O)c3cc(F)cc(N4CCN(CCCN5CCN(c6cccc(C7(C8CC8)CNc8nccc(Cl)c87)c6)C(=O)C5)CC4)c3C2=O)C(=O)N1. The first-order chi connectivity index (χ1) is 26.6. The number of pyridine rings is 1. The largest absolute Gasteiger partial charge is 0.369 e. The van der Waals surface area contributed by atoms with Crippen molar-refractivity contribution in [3.8, 4) is 0 Å². The Bertz CT molecular complexity index is 2120. The van der Waals surface area contributed by atoms with Gasteiger partial charge in [-0.25, -0.2) is 9.37 Å². The zero-order valence-electron chi connectivity index (χ0n) is 30.4. The highest BCUT2D eigenvalue weighted by Crippen LogP contribution is 2.57. The second-order valence-corrected chi connectivity index (χ2v) is 15.9. The van der Waals surface area contributed by atoms with Crippen molar-refractivity contribution in [1.82, 2.24) is 25.0 Å². The summed E-state index contributed by atoms with van der Waals surface area (Å²) in [6.45, 7) is 6.47. The molecule has 6 heterocycles. The van der Waals surface area contributed by atoms with Gasteiger partial charge in [0.1, 0.15) is 17.7 Å². The summed E-state index contributed by atoms with van der Waals surface area (Å²) < 4.78 is 14.8. The van der Waals surface area contributed by atoms with E-state index in [1.807, 2.05) is 28.0 Å². The third-order valence-corrected chi connectivity index (χ3v) is 12.6. The van der Waals surface area contributed by atoms with Gasteiger partial charge in [-0.1, -0.05) is 23.7 Å². The van der Waals surface area contributed by atoms with Gasteiger partial charge in [-0.05, 0) is 80.6 Å². The number of piperidine rings is 1. The summed E-state index contributed by atoms with van der Waals surface area (Å²) in [6.07, 6.45) is 4.93. The predicted molar refractivity (Wildman–Crippen MR) is 203 cm³/mol. The highest BCUT2D eigenvalue weighted by atomic mass is 35.5. The van der Waals surface area contributed by atoms with E-state index in [1.54, 1.807) is 6.20 Å². The number of aromatic nitrogens is 1. The lowest BCUT2D eigenvalue weighted by Gasteiger charge is -2.38. The van der Waals surface area contributed by atoms with E-state index in [0.29, 0.717) is 50.9 Å². The summed E-state index contributed by atoms with van der Waals surface area (Å²) in [5.74, 6) is -1.75. The smallest absolute Gasteiger partial charge is 0.264 e. The quantitative estimate of drug-likeness (QED) is 0.312. The van der Waals surface area contributed by atoms with Crippen LogP contribution >= 0.6 is 11.6 Å². The van der Waals surface area contributed by atoms with Crippen molar-refractivity contribution in [2.45, 2.75) is 43.6 Å². The zero-order valence-corrected chi connectivity index (χ0v) is 31.1. The van der Waals surface area contributed by atoms with Gasteiger partial charge in [-0.3, -0.25) is 44.0 Å². The average Bonchev–Trinajstić information content (AvgIpc) is 3.91. The number of piperazine rings is 2. The molecule has 0 spiro atoms. The molecule has 3 saturated heterocycles. The van der Waals surface area contributed by atoms with Crippen LogP contribution in [-0.4, -0.2) is 121 Å². The Labute approximate surface area is 322 Å². The van der Waals surface area contributed by atoms with Crippen molar-refractivity contribution in [2.75, 3.05) is 80.6 Å². The maximum Gasteiger partial charge on any atom is 0.264 e. The molecule has 1 aliphatic carbocycles. The third kappa shape index (κ3) is 6.24. The number of anilines is 3. The van der Waals surface area contributed by atoms with Crippen LogP contribution in [0.25, 0.3) is 0 Å². The number of carbonyl (C=O) groups is 5. The van der Waals surface area contributed by atoms with Crippen molar-refractivity contribution in [3.63, 3.8) is 0 Å². The zero-order chi connectivity index (χ0) is 38.0. The van der Waals surface area contributed by atoms with Gasteiger partial charge in [0.2, 0.25) is 17.7 Å². The monoisotopic (exact) mass is 768 g/mol. The molecule has 2 N–H and O–H groups in total. The van der Waals surface area contributed by atoms with Crippen molar-refractivity contribution < 1.29 is 28.4 Å². The minimum atomic E-state index is -1.11. The van der Waals surface area contributed by atoms with E-state index in [4.69, 9.17) is 11.6 Å². The fraction of sp³-hybridized carbons (Fsp3) is 0.450. The molecule has 6 aliphatic rings. The van der Waals surface area contributed by atoms with Crippen LogP contribution < -0.4 is 20.4 Å². The predicted octanol–water partition coefficient (Wildman–Crippen LogP) is 3.26. The van der Waals surface area contributed by atoms with Crippen molar-refractivity contribution in [1.29, 1.82) is 0 Å². The first-order valence-corrected chi connectivity index (χ1v) is 19.5. The van der Waals surface area contributed by atoms with Gasteiger partial charge >= 0.3 is 0 Å². The molecule has 5 amide bonds. The molecule has 2 aromatic carbocycles. The first-order valence-electron chi connectivity index (χ1n) is 19.2. The van der Waals surface area contributed by atoms with Crippen LogP contribution in [0.1, 0.15) is 63.9 Å². The van der Waals surface area contributed by atoms with E-state index in [-0.39, 0.29) is 35.3 Å². The van der Waals surface area contributed by atoms with Gasteiger partial charge in [-0.2, -0.15) is 0 Å². The Morgan fingerprint density at radius 1 is 0.891 bits per heavy atom. The molecule has 286 valence electrons. The molecular weight excluding hydrogens is 727 g/mol. The number of rotatable bonds is 9. The van der Waals surface area contributed by atoms with Gasteiger partial charge in [0.05, 0.1) is 23.4 Å². The van der Waals surface area contributed by atoms with Crippen LogP contribution in [-0.2, 0) is 19.8 Å². The molecule has 9 rings (SSSR count). The number of hydrogen-bond donors (Lipinski definition) is 2. The molecular formula is C40H42ClFN8O5. The van der Waals surface area contributed by atoms with Gasteiger partial charge < -0.3 is 15.1 Å². The lowest BCUT2D eigenvalue weighted by atomic mass is 9.72. The molecule has 2 atom stereocenters. The number of nitrogens with zero attached hydrogens (tertiary/aromatic N) is 6. The molecule has 0 radical (unpaired) electrons. The Balaban J connectivity index is 0.789. The minimum absolute atomic E-state index is 0.0119. The van der Waals surface area contributed by atoms with Crippen LogP contribution in [0.2, 0.25) is 5.02 Å². The summed E-state index contributed by atoms with van der Waals surface area (Å²) in [7, 11) is 0. The Morgan fingerprint density at radius 2 is 1.67 bits per heavy atom. The standard InChI is InChI=1S/C40H42ClFN8O5/c41-29-9-10-43-36-35(29)40(23-44-36,24-5-6-24)25-3-1-4-27(19-25)49-18-15-47(22-33(49)52)12-2-11-46-13-16-48(17-14-46)31-21-26(42)20-28-34(31)39(55)50(38(28)54)30-7-8-32(51)45-37(30)53/h1,3-4,9-10,19-21,24,30H,2,5-8,11-18,22-23H2,(H,43,44)(H,45,51,53). The van der Waals surface area contributed by atoms with Gasteiger partial charge in [0.15, 0.2) is 0 Å². The summed E-state index contributed by atoms with van der Waals surface area (Å²) in [5.41, 5.74) is 3.27. The number of amides is 5. The maximum atomic E-state index is 14.8. The number of benzene rings is 2. The number of imide groups is 2. The summed E-state index contributed by atoms with van der Waals surface area (Å²) in [5, 5.41) is 6.42. The molecule has 1 aromatic heterocycles. The van der Waals surface area contributed by atoms with Crippen LogP contribution in [0, 0.1) is 11.7 Å². The molecule has 2 unspecified atom stereocenters. The van der Waals surface area contributed by atoms with E-state index in [2.05, 4.69) is 37.6 Å². The molecule has 5 aliphatic heterocycles. The molecule has 13 nitrogen and oxygen atoms in total. The van der Waals surface area contributed by atoms with Crippen LogP contribution in [0.3, 0.4) is 0 Å². The molecule has 55 heavy (non-hydrogen) atoms. The Kier molecular flexibility index (Phi) is 9.09. The molecule has 15 heteroatoms. The highest BCUT2D eigenvalue weighted by molar-refractivity contribution is 6.32. The van der Waals surface area contributed by atoms with E-state index in [1.165, 1.54) is 11.6 Å². The number of hydrogen-bond acceptors (Lipinski definition) is 10. The van der Waals surface area contributed by atoms with E-state index < -0.39 is 35.5 Å². The molecule has 3 aromatic rings. The number of fused-ring (bicyclic) bond motifs is 2. The van der Waals surface area contributed by atoms with Crippen molar-refractivity contribution in [2.24, 2.45) is 5.92 Å². The highest BCUT2D eigenvalue weighted by Gasteiger charge is 2.53. The van der Waals surface area contributed by atoms with Crippen molar-refractivity contribution in [3.05, 3.63) is 81.8 Å². The number of nitrogens with one attached hydrogen (secondary N) is 2. The molecule has 1 saturated carbocycles. The Morgan fingerprint density at radius 3 is 2.44 bits per heavy atom. The van der Waals surface area contributed by atoms with Gasteiger partial charge in [-0.15, -0.1) is 0 Å². The second kappa shape index (κ2) is 14.0. The molecule has 4 fully saturated rings. The second-order valence-electron chi connectivity index (χ2n) is 15.5. The normalized spacial score (nSPS) is 24.7. The lowest BCUT2D eigenvalue weighted by Crippen LogP contribution is -2.54. The van der Waals surface area contributed by atoms with E-state index in [0.717, 1.165) is 78.5 Å². The topological polar surface area (TPSA) is 138 Å². The number of halogens is 2. The maximum absolute atomic E-state index is 14.8. The summed E-state index contributed by atoms with van der Waals surface area (Å²) in [6, 6.07) is 11.5. The van der Waals surface area contributed by atoms with Gasteiger partial charge in [0, 0.05) is 80.1 Å². The minimum Gasteiger partial charge on any atom is -0.369 e. The van der Waals surface area contributed by atoms with Crippen molar-refractivity contribution >= 4 is 58.3 Å².